The van der Waals surface area contributed by atoms with E-state index in [-0.39, 0.29) is 51.5 Å². The number of hydrogen-bond donors (Lipinski definition) is 4. The zero-order valence-electron chi connectivity index (χ0n) is 18.3. The van der Waals surface area contributed by atoms with Gasteiger partial charge >= 0.3 is 0 Å². The number of aromatic nitrogens is 1. The van der Waals surface area contributed by atoms with Gasteiger partial charge in [-0.05, 0) is 61.3 Å². The molecule has 0 aliphatic carbocycles. The molecule has 8 nitrogen and oxygen atoms in total. The molecule has 0 aliphatic heterocycles. The van der Waals surface area contributed by atoms with Gasteiger partial charge < -0.3 is 21.3 Å². The summed E-state index contributed by atoms with van der Waals surface area (Å²) in [6.07, 6.45) is 3.25. The Morgan fingerprint density at radius 3 is 2.38 bits per heavy atom. The number of rotatable bonds is 9. The van der Waals surface area contributed by atoms with E-state index < -0.39 is 21.8 Å². The van der Waals surface area contributed by atoms with Crippen LogP contribution in [0.25, 0.3) is 0 Å². The van der Waals surface area contributed by atoms with Crippen LogP contribution in [0.4, 0.5) is 0 Å². The van der Waals surface area contributed by atoms with Crippen molar-refractivity contribution in [2.75, 3.05) is 13.1 Å². The number of nitrogens with zero attached hydrogens (tertiary/aromatic N) is 1. The Balaban J connectivity index is 0.00000289. The van der Waals surface area contributed by atoms with Gasteiger partial charge in [-0.3, -0.25) is 9.78 Å². The molecule has 1 amide bonds. The summed E-state index contributed by atoms with van der Waals surface area (Å²) in [5, 5.41) is 23.2. The Morgan fingerprint density at radius 2 is 1.79 bits per heavy atom. The maximum atomic E-state index is 13.0. The summed E-state index contributed by atoms with van der Waals surface area (Å²) >= 11 is 0. The van der Waals surface area contributed by atoms with E-state index in [2.05, 4.69) is 10.3 Å². The molecule has 3 rings (SSSR count). The number of halogens is 2. The third kappa shape index (κ3) is 6.91. The first-order valence-electron chi connectivity index (χ1n) is 9.96. The summed E-state index contributed by atoms with van der Waals surface area (Å²) in [7, 11) is -3.89. The SMILES string of the molecule is Cc1cc(S(=O)(=O)c2ccc(CCNC[C@@H](O)c3cccnc3)cc2)cc(C(N)=O)c1O.Cl.Cl. The average Bonchev–Trinajstić information content (AvgIpc) is 2.79. The second kappa shape index (κ2) is 12.7. The number of hydrogen-bond acceptors (Lipinski definition) is 7. The van der Waals surface area contributed by atoms with E-state index >= 15 is 0 Å². The summed E-state index contributed by atoms with van der Waals surface area (Å²) < 4.78 is 25.9. The molecule has 11 heteroatoms. The van der Waals surface area contributed by atoms with Gasteiger partial charge in [0.25, 0.3) is 5.91 Å². The molecule has 0 fully saturated rings. The van der Waals surface area contributed by atoms with Crippen molar-refractivity contribution in [3.8, 4) is 5.75 Å². The number of benzene rings is 2. The fraction of sp³-hybridized carbons (Fsp3) is 0.217. The minimum atomic E-state index is -3.89. The molecular weight excluding hydrogens is 501 g/mol. The van der Waals surface area contributed by atoms with Gasteiger partial charge in [0, 0.05) is 24.5 Å². The predicted octanol–water partition coefficient (Wildman–Crippen LogP) is 2.74. The molecule has 0 bridgehead atoms. The Bertz CT molecular complexity index is 1210. The molecule has 0 saturated carbocycles. The lowest BCUT2D eigenvalue weighted by atomic mass is 10.1. The molecule has 1 aromatic heterocycles. The quantitative estimate of drug-likeness (QED) is 0.313. The molecule has 3 aromatic rings. The first kappa shape index (κ1) is 29.3. The standard InChI is InChI=1S/C23H25N3O5S.2ClH/c1-15-11-19(12-20(22(15)28)23(24)29)32(30,31)18-6-4-16(5-7-18)8-10-26-14-21(27)17-3-2-9-25-13-17;;/h2-7,9,11-13,21,26-28H,8,10,14H2,1H3,(H2,24,29);2*1H/t21-;;/m1../s1. The van der Waals surface area contributed by atoms with Crippen LogP contribution < -0.4 is 11.1 Å². The molecule has 0 spiro atoms. The van der Waals surface area contributed by atoms with E-state index in [0.717, 1.165) is 17.2 Å². The highest BCUT2D eigenvalue weighted by atomic mass is 35.5. The van der Waals surface area contributed by atoms with Crippen LogP contribution in [-0.2, 0) is 16.3 Å². The molecular formula is C23H27Cl2N3O5S. The van der Waals surface area contributed by atoms with Crippen LogP contribution in [-0.4, -0.2) is 42.6 Å². The zero-order chi connectivity index (χ0) is 23.3. The Labute approximate surface area is 211 Å². The van der Waals surface area contributed by atoms with Crippen molar-refractivity contribution in [2.45, 2.75) is 29.2 Å². The molecule has 1 heterocycles. The second-order valence-corrected chi connectivity index (χ2v) is 9.35. The van der Waals surface area contributed by atoms with E-state index in [4.69, 9.17) is 5.73 Å². The van der Waals surface area contributed by atoms with Crippen molar-refractivity contribution in [1.29, 1.82) is 0 Å². The van der Waals surface area contributed by atoms with Crippen molar-refractivity contribution in [1.82, 2.24) is 10.3 Å². The highest BCUT2D eigenvalue weighted by molar-refractivity contribution is 7.91. The third-order valence-electron chi connectivity index (χ3n) is 5.08. The number of nitrogens with one attached hydrogen (secondary N) is 1. The number of carbonyl (C=O) groups excluding carboxylic acids is 1. The largest absolute Gasteiger partial charge is 0.507 e. The van der Waals surface area contributed by atoms with E-state index in [1.807, 2.05) is 0 Å². The number of primary amides is 1. The summed E-state index contributed by atoms with van der Waals surface area (Å²) in [5.41, 5.74) is 6.91. The van der Waals surface area contributed by atoms with Gasteiger partial charge in [0.1, 0.15) is 5.75 Å². The number of sulfone groups is 1. The van der Waals surface area contributed by atoms with Gasteiger partial charge in [-0.2, -0.15) is 0 Å². The minimum Gasteiger partial charge on any atom is -0.507 e. The summed E-state index contributed by atoms with van der Waals surface area (Å²) in [5.74, 6) is -1.23. The lowest BCUT2D eigenvalue weighted by Gasteiger charge is -2.12. The molecule has 5 N–H and O–H groups in total. The van der Waals surface area contributed by atoms with Gasteiger partial charge in [0.15, 0.2) is 0 Å². The van der Waals surface area contributed by atoms with E-state index in [1.54, 1.807) is 36.7 Å². The van der Waals surface area contributed by atoms with Crippen LogP contribution in [0, 0.1) is 6.92 Å². The smallest absolute Gasteiger partial charge is 0.252 e. The highest BCUT2D eigenvalue weighted by Crippen LogP contribution is 2.29. The number of amides is 1. The van der Waals surface area contributed by atoms with Gasteiger partial charge in [0.2, 0.25) is 9.84 Å². The first-order valence-corrected chi connectivity index (χ1v) is 11.4. The zero-order valence-corrected chi connectivity index (χ0v) is 20.8. The molecule has 0 unspecified atom stereocenters. The van der Waals surface area contributed by atoms with Crippen LogP contribution in [0.15, 0.2) is 70.7 Å². The number of nitrogens with two attached hydrogens (primary N) is 1. The van der Waals surface area contributed by atoms with Crippen LogP contribution in [0.1, 0.15) is 33.2 Å². The van der Waals surface area contributed by atoms with Crippen molar-refractivity contribution < 1.29 is 23.4 Å². The summed E-state index contributed by atoms with van der Waals surface area (Å²) in [4.78, 5) is 15.5. The maximum Gasteiger partial charge on any atom is 0.252 e. The van der Waals surface area contributed by atoms with Crippen molar-refractivity contribution >= 4 is 40.6 Å². The van der Waals surface area contributed by atoms with Crippen LogP contribution in [0.5, 0.6) is 5.75 Å². The van der Waals surface area contributed by atoms with Crippen molar-refractivity contribution in [3.05, 3.63) is 83.2 Å². The molecule has 1 atom stereocenters. The van der Waals surface area contributed by atoms with E-state index in [0.29, 0.717) is 19.5 Å². The number of aliphatic hydroxyl groups excluding tert-OH is 1. The second-order valence-electron chi connectivity index (χ2n) is 7.40. The monoisotopic (exact) mass is 527 g/mol. The average molecular weight is 528 g/mol. The number of aliphatic hydroxyl groups is 1. The van der Waals surface area contributed by atoms with Crippen molar-refractivity contribution in [2.24, 2.45) is 5.73 Å². The minimum absolute atomic E-state index is 0. The topological polar surface area (TPSA) is 143 Å². The third-order valence-corrected chi connectivity index (χ3v) is 6.83. The lowest BCUT2D eigenvalue weighted by Crippen LogP contribution is -2.23. The van der Waals surface area contributed by atoms with Crippen LogP contribution >= 0.6 is 24.8 Å². The van der Waals surface area contributed by atoms with E-state index in [1.165, 1.54) is 25.1 Å². The number of aromatic hydroxyl groups is 1. The Kier molecular flexibility index (Phi) is 10.9. The fourth-order valence-electron chi connectivity index (χ4n) is 3.22. The van der Waals surface area contributed by atoms with Gasteiger partial charge in [-0.1, -0.05) is 18.2 Å². The maximum absolute atomic E-state index is 13.0. The molecule has 2 aromatic carbocycles. The summed E-state index contributed by atoms with van der Waals surface area (Å²) in [6.45, 7) is 2.48. The Morgan fingerprint density at radius 1 is 1.12 bits per heavy atom. The molecule has 0 radical (unpaired) electrons. The van der Waals surface area contributed by atoms with E-state index in [9.17, 15) is 23.4 Å². The lowest BCUT2D eigenvalue weighted by molar-refractivity contribution is 0.0997. The molecule has 34 heavy (non-hydrogen) atoms. The Hall–Kier alpha value is -2.69. The number of pyridine rings is 1. The van der Waals surface area contributed by atoms with Gasteiger partial charge in [0.05, 0.1) is 21.5 Å². The predicted molar refractivity (Wildman–Crippen MR) is 134 cm³/mol. The molecule has 184 valence electrons. The van der Waals surface area contributed by atoms with Gasteiger partial charge in [-0.15, -0.1) is 24.8 Å². The van der Waals surface area contributed by atoms with Crippen LogP contribution in [0.3, 0.4) is 0 Å². The number of carbonyl (C=O) groups is 1. The normalized spacial score (nSPS) is 11.7. The first-order chi connectivity index (χ1) is 15.2. The van der Waals surface area contributed by atoms with Crippen LogP contribution in [0.2, 0.25) is 0 Å². The van der Waals surface area contributed by atoms with Crippen molar-refractivity contribution in [3.63, 3.8) is 0 Å². The molecule has 0 saturated heterocycles. The fourth-order valence-corrected chi connectivity index (χ4v) is 4.59. The number of aryl methyl sites for hydroxylation is 1. The number of phenols is 1. The molecule has 0 aliphatic rings. The van der Waals surface area contributed by atoms with Gasteiger partial charge in [-0.25, -0.2) is 8.42 Å². The highest BCUT2D eigenvalue weighted by Gasteiger charge is 2.22. The summed E-state index contributed by atoms with van der Waals surface area (Å²) in [6, 6.07) is 12.4.